The topological polar surface area (TPSA) is 87.5 Å². The Morgan fingerprint density at radius 2 is 1.88 bits per heavy atom. The molecule has 1 fully saturated rings. The molecule has 0 bridgehead atoms. The molecule has 0 N–H and O–H groups in total. The number of nitrogens with zero attached hydrogens (tertiary/aromatic N) is 5. The van der Waals surface area contributed by atoms with E-state index in [-0.39, 0.29) is 5.56 Å². The summed E-state index contributed by atoms with van der Waals surface area (Å²) >= 11 is 0. The lowest BCUT2D eigenvalue weighted by Crippen LogP contribution is -2.37. The Balaban J connectivity index is 1.18. The van der Waals surface area contributed by atoms with Crippen molar-refractivity contribution in [2.75, 3.05) is 33.7 Å². The average Bonchev–Trinajstić information content (AvgIpc) is 3.39. The lowest BCUT2D eigenvalue weighted by Gasteiger charge is -2.32. The van der Waals surface area contributed by atoms with Gasteiger partial charge in [0.2, 0.25) is 0 Å². The van der Waals surface area contributed by atoms with Gasteiger partial charge < -0.3 is 23.6 Å². The van der Waals surface area contributed by atoms with Crippen molar-refractivity contribution in [2.24, 2.45) is 5.92 Å². The minimum atomic E-state index is 0.0657. The Kier molecular flexibility index (Phi) is 8.94. The van der Waals surface area contributed by atoms with Crippen molar-refractivity contribution in [1.29, 1.82) is 5.26 Å². The number of pyridine rings is 1. The Labute approximate surface area is 235 Å². The molecule has 1 saturated heterocycles. The lowest BCUT2D eigenvalue weighted by molar-refractivity contribution is 0.173. The summed E-state index contributed by atoms with van der Waals surface area (Å²) in [6.45, 7) is 4.89. The zero-order valence-corrected chi connectivity index (χ0v) is 23.4. The van der Waals surface area contributed by atoms with Gasteiger partial charge >= 0.3 is 0 Å². The molecule has 2 aromatic heterocycles. The molecule has 0 aliphatic carbocycles. The Hall–Kier alpha value is -3.93. The number of aromatic nitrogens is 2. The van der Waals surface area contributed by atoms with Gasteiger partial charge in [-0.05, 0) is 94.7 Å². The monoisotopic (exact) mass is 539 g/mol. The molecular formula is C32H37N5O3. The number of benzene rings is 2. The molecule has 2 aromatic carbocycles. The van der Waals surface area contributed by atoms with Gasteiger partial charge in [-0.2, -0.15) is 5.26 Å². The van der Waals surface area contributed by atoms with Crippen LogP contribution in [-0.4, -0.2) is 53.3 Å². The first-order chi connectivity index (χ1) is 19.5. The predicted octanol–water partition coefficient (Wildman–Crippen LogP) is 4.85. The molecule has 1 aliphatic rings. The van der Waals surface area contributed by atoms with Gasteiger partial charge in [-0.3, -0.25) is 4.79 Å². The largest absolute Gasteiger partial charge is 0.488 e. The number of piperidine rings is 1. The van der Waals surface area contributed by atoms with Crippen LogP contribution in [0.2, 0.25) is 0 Å². The minimum Gasteiger partial charge on any atom is -0.488 e. The first-order valence-electron chi connectivity index (χ1n) is 14.0. The fraction of sp³-hybridized carbons (Fsp3) is 0.406. The number of rotatable bonds is 11. The van der Waals surface area contributed by atoms with Crippen LogP contribution in [0, 0.1) is 17.2 Å². The molecule has 3 heterocycles. The Morgan fingerprint density at radius 1 is 1.07 bits per heavy atom. The molecule has 4 aromatic rings. The maximum absolute atomic E-state index is 12.0. The highest BCUT2D eigenvalue weighted by atomic mass is 16.5. The third-order valence-electron chi connectivity index (χ3n) is 7.78. The summed E-state index contributed by atoms with van der Waals surface area (Å²) in [5, 5.41) is 14.6. The van der Waals surface area contributed by atoms with Crippen molar-refractivity contribution in [2.45, 2.75) is 45.4 Å². The van der Waals surface area contributed by atoms with Gasteiger partial charge in [-0.15, -0.1) is 0 Å². The molecular weight excluding hydrogens is 502 g/mol. The van der Waals surface area contributed by atoms with E-state index in [2.05, 4.69) is 27.1 Å². The summed E-state index contributed by atoms with van der Waals surface area (Å²) in [5.74, 6) is 1.46. The van der Waals surface area contributed by atoms with Gasteiger partial charge in [0.15, 0.2) is 5.58 Å². The van der Waals surface area contributed by atoms with Crippen LogP contribution in [0.4, 0.5) is 0 Å². The zero-order valence-electron chi connectivity index (χ0n) is 23.4. The van der Waals surface area contributed by atoms with Crippen LogP contribution in [0.15, 0.2) is 70.1 Å². The second-order valence-corrected chi connectivity index (χ2v) is 10.9. The van der Waals surface area contributed by atoms with E-state index < -0.39 is 0 Å². The molecule has 1 aliphatic heterocycles. The van der Waals surface area contributed by atoms with E-state index in [1.165, 1.54) is 12.8 Å². The van der Waals surface area contributed by atoms with E-state index in [1.807, 2.05) is 56.7 Å². The highest BCUT2D eigenvalue weighted by molar-refractivity contribution is 5.84. The molecule has 5 rings (SSSR count). The molecule has 0 radical (unpaired) electrons. The molecule has 208 valence electrons. The standard InChI is InChI=1S/C32H37N5O3/c1-35(2)22-28-30(39-23-26-8-6-25(21-33)7-9-26)13-11-27-29(34-40-32(27)28)12-10-24-14-17-36(18-15-24)19-20-37-16-4-3-5-31(37)38/h3-9,11,13,16,24H,10,12,14-15,17-20,22-23H2,1-2H3. The summed E-state index contributed by atoms with van der Waals surface area (Å²) < 4.78 is 13.9. The smallest absolute Gasteiger partial charge is 0.250 e. The third kappa shape index (κ3) is 6.79. The van der Waals surface area contributed by atoms with Gasteiger partial charge in [0.25, 0.3) is 5.56 Å². The number of nitriles is 1. The second kappa shape index (κ2) is 12.9. The van der Waals surface area contributed by atoms with Crippen molar-refractivity contribution >= 4 is 11.0 Å². The quantitative estimate of drug-likeness (QED) is 0.269. The molecule has 0 spiro atoms. The van der Waals surface area contributed by atoms with Gasteiger partial charge in [-0.1, -0.05) is 23.4 Å². The number of aryl methyl sites for hydroxylation is 1. The van der Waals surface area contributed by atoms with Crippen molar-refractivity contribution in [3.63, 3.8) is 0 Å². The van der Waals surface area contributed by atoms with Crippen LogP contribution in [0.1, 0.15) is 41.6 Å². The molecule has 0 saturated carbocycles. The van der Waals surface area contributed by atoms with Crippen molar-refractivity contribution in [3.8, 4) is 11.8 Å². The van der Waals surface area contributed by atoms with E-state index in [9.17, 15) is 4.79 Å². The highest BCUT2D eigenvalue weighted by Crippen LogP contribution is 2.33. The van der Waals surface area contributed by atoms with Crippen LogP contribution in [0.3, 0.4) is 0 Å². The van der Waals surface area contributed by atoms with Crippen molar-refractivity contribution < 1.29 is 9.26 Å². The maximum Gasteiger partial charge on any atom is 0.250 e. The Bertz CT molecular complexity index is 1510. The first-order valence-corrected chi connectivity index (χ1v) is 14.0. The van der Waals surface area contributed by atoms with Crippen LogP contribution < -0.4 is 10.3 Å². The third-order valence-corrected chi connectivity index (χ3v) is 7.78. The van der Waals surface area contributed by atoms with Crippen LogP contribution in [0.25, 0.3) is 11.0 Å². The maximum atomic E-state index is 12.0. The van der Waals surface area contributed by atoms with E-state index in [0.29, 0.717) is 24.6 Å². The fourth-order valence-electron chi connectivity index (χ4n) is 5.44. The van der Waals surface area contributed by atoms with Gasteiger partial charge in [0.1, 0.15) is 12.4 Å². The number of hydrogen-bond donors (Lipinski definition) is 0. The molecule has 8 nitrogen and oxygen atoms in total. The number of hydrogen-bond acceptors (Lipinski definition) is 7. The summed E-state index contributed by atoms with van der Waals surface area (Å²) in [6, 6.07) is 19.0. The van der Waals surface area contributed by atoms with E-state index in [0.717, 1.165) is 72.6 Å². The molecule has 0 atom stereocenters. The molecule has 40 heavy (non-hydrogen) atoms. The van der Waals surface area contributed by atoms with E-state index in [4.69, 9.17) is 14.5 Å². The number of likely N-dealkylation sites (tertiary alicyclic amines) is 1. The van der Waals surface area contributed by atoms with Crippen LogP contribution in [-0.2, 0) is 26.1 Å². The summed E-state index contributed by atoms with van der Waals surface area (Å²) in [7, 11) is 4.07. The average molecular weight is 540 g/mol. The fourth-order valence-corrected chi connectivity index (χ4v) is 5.44. The van der Waals surface area contributed by atoms with Crippen LogP contribution >= 0.6 is 0 Å². The lowest BCUT2D eigenvalue weighted by atomic mass is 9.91. The van der Waals surface area contributed by atoms with Crippen LogP contribution in [0.5, 0.6) is 5.75 Å². The number of ether oxygens (including phenoxy) is 1. The van der Waals surface area contributed by atoms with Crippen molar-refractivity contribution in [3.05, 3.63) is 93.5 Å². The number of fused-ring (bicyclic) bond motifs is 1. The molecule has 0 amide bonds. The second-order valence-electron chi connectivity index (χ2n) is 10.9. The summed E-state index contributed by atoms with van der Waals surface area (Å²) in [6.07, 6.45) is 6.18. The SMILES string of the molecule is CN(C)Cc1c(OCc2ccc(C#N)cc2)ccc2c(CCC3CCN(CCn4ccccc4=O)CC3)noc12. The predicted molar refractivity (Wildman–Crippen MR) is 155 cm³/mol. The summed E-state index contributed by atoms with van der Waals surface area (Å²) in [5.41, 5.74) is 4.52. The zero-order chi connectivity index (χ0) is 27.9. The summed E-state index contributed by atoms with van der Waals surface area (Å²) in [4.78, 5) is 16.5. The normalized spacial score (nSPS) is 14.6. The van der Waals surface area contributed by atoms with Gasteiger partial charge in [0.05, 0.1) is 22.9 Å². The van der Waals surface area contributed by atoms with E-state index >= 15 is 0 Å². The van der Waals surface area contributed by atoms with Gasteiger partial charge in [-0.25, -0.2) is 0 Å². The minimum absolute atomic E-state index is 0.0657. The van der Waals surface area contributed by atoms with E-state index in [1.54, 1.807) is 16.7 Å². The first kappa shape index (κ1) is 27.6. The highest BCUT2D eigenvalue weighted by Gasteiger charge is 2.22. The molecule has 0 unspecified atom stereocenters. The van der Waals surface area contributed by atoms with Crippen molar-refractivity contribution in [1.82, 2.24) is 19.5 Å². The molecule has 8 heteroatoms. The van der Waals surface area contributed by atoms with Gasteiger partial charge in [0, 0.05) is 37.3 Å². The Morgan fingerprint density at radius 3 is 2.60 bits per heavy atom.